The van der Waals surface area contributed by atoms with Gasteiger partial charge in [0, 0.05) is 40.9 Å². The minimum atomic E-state index is -0.538. The van der Waals surface area contributed by atoms with E-state index >= 15 is 0 Å². The lowest BCUT2D eigenvalue weighted by molar-refractivity contribution is -0.384. The van der Waals surface area contributed by atoms with Crippen molar-refractivity contribution in [3.8, 4) is 0 Å². The summed E-state index contributed by atoms with van der Waals surface area (Å²) in [6.07, 6.45) is 0. The van der Waals surface area contributed by atoms with Crippen molar-refractivity contribution in [1.29, 1.82) is 0 Å². The van der Waals surface area contributed by atoms with E-state index in [-0.39, 0.29) is 22.3 Å². The maximum Gasteiger partial charge on any atom is 0.269 e. The first-order valence-corrected chi connectivity index (χ1v) is 11.5. The van der Waals surface area contributed by atoms with Crippen LogP contribution in [0.15, 0.2) is 91.0 Å². The molecule has 0 bridgehead atoms. The number of carbonyl (C=O) groups is 2. The van der Waals surface area contributed by atoms with Gasteiger partial charge >= 0.3 is 0 Å². The largest absolute Gasteiger partial charge is 0.332 e. The molecule has 36 heavy (non-hydrogen) atoms. The number of nitrogens with one attached hydrogen (secondary N) is 2. The Hall–Kier alpha value is -4.63. The highest BCUT2D eigenvalue weighted by molar-refractivity contribution is 7.80. The molecule has 0 atom stereocenters. The summed E-state index contributed by atoms with van der Waals surface area (Å²) >= 11 is 5.21. The number of nitrogens with zero attached hydrogens (tertiary/aromatic N) is 2. The van der Waals surface area contributed by atoms with E-state index in [4.69, 9.17) is 12.2 Å². The first-order valence-electron chi connectivity index (χ1n) is 11.1. The fraction of sp³-hybridized carbons (Fsp3) is 0.0741. The highest BCUT2D eigenvalue weighted by Crippen LogP contribution is 2.28. The Kier molecular flexibility index (Phi) is 7.31. The Balaban J connectivity index is 1.42. The summed E-state index contributed by atoms with van der Waals surface area (Å²) in [6.45, 7) is 2.44. The lowest BCUT2D eigenvalue weighted by Gasteiger charge is -2.23. The average Bonchev–Trinajstić information content (AvgIpc) is 2.89. The Labute approximate surface area is 212 Å². The number of carbonyl (C=O) groups excluding carboxylic acids is 2. The number of rotatable bonds is 6. The van der Waals surface area contributed by atoms with Gasteiger partial charge in [0.05, 0.1) is 10.6 Å². The molecule has 0 spiro atoms. The van der Waals surface area contributed by atoms with Crippen LogP contribution in [0.4, 0.5) is 17.1 Å². The van der Waals surface area contributed by atoms with Crippen LogP contribution in [0.5, 0.6) is 0 Å². The molecule has 0 aliphatic heterocycles. The van der Waals surface area contributed by atoms with Gasteiger partial charge in [-0.05, 0) is 67.0 Å². The number of hydrogen-bond acceptors (Lipinski definition) is 5. The van der Waals surface area contributed by atoms with Crippen LogP contribution in [-0.4, -0.2) is 28.4 Å². The average molecular weight is 499 g/mol. The van der Waals surface area contributed by atoms with Crippen molar-refractivity contribution in [2.24, 2.45) is 0 Å². The molecule has 2 amide bonds. The second-order valence-corrected chi connectivity index (χ2v) is 8.25. The maximum absolute atomic E-state index is 13.3. The standard InChI is InChI=1S/C27H22N4O4S/c1-2-30(24-9-5-7-18-6-3-4-8-23(18)24)26(33)20-10-14-21(15-11-20)28-27(36)29-25(32)19-12-16-22(17-13-19)31(34)35/h3-17H,2H2,1H3,(H2,28,29,32,36). The molecule has 8 nitrogen and oxygen atoms in total. The maximum atomic E-state index is 13.3. The SMILES string of the molecule is CCN(C(=O)c1ccc(NC(=S)NC(=O)c2ccc([N+](=O)[O-])cc2)cc1)c1cccc2ccccc12. The Bertz CT molecular complexity index is 1450. The van der Waals surface area contributed by atoms with Crippen LogP contribution < -0.4 is 15.5 Å². The van der Waals surface area contributed by atoms with Crippen molar-refractivity contribution >= 4 is 57.0 Å². The van der Waals surface area contributed by atoms with Gasteiger partial charge in [-0.1, -0.05) is 36.4 Å². The van der Waals surface area contributed by atoms with E-state index in [1.807, 2.05) is 49.4 Å². The fourth-order valence-electron chi connectivity index (χ4n) is 3.79. The van der Waals surface area contributed by atoms with Crippen LogP contribution in [0.3, 0.4) is 0 Å². The van der Waals surface area contributed by atoms with Crippen LogP contribution in [0.25, 0.3) is 10.8 Å². The number of hydrogen-bond donors (Lipinski definition) is 2. The third-order valence-corrected chi connectivity index (χ3v) is 5.78. The van der Waals surface area contributed by atoms with E-state index in [1.165, 1.54) is 24.3 Å². The predicted molar refractivity (Wildman–Crippen MR) is 145 cm³/mol. The monoisotopic (exact) mass is 498 g/mol. The van der Waals surface area contributed by atoms with Gasteiger partial charge in [0.1, 0.15) is 0 Å². The molecular formula is C27H22N4O4S. The van der Waals surface area contributed by atoms with Crippen LogP contribution in [-0.2, 0) is 0 Å². The smallest absolute Gasteiger partial charge is 0.269 e. The van der Waals surface area contributed by atoms with Crippen molar-refractivity contribution < 1.29 is 14.5 Å². The minimum absolute atomic E-state index is 0.0587. The molecule has 0 aromatic heterocycles. The van der Waals surface area contributed by atoms with Crippen molar-refractivity contribution in [3.05, 3.63) is 112 Å². The van der Waals surface area contributed by atoms with Crippen molar-refractivity contribution in [1.82, 2.24) is 5.32 Å². The van der Waals surface area contributed by atoms with E-state index < -0.39 is 10.8 Å². The predicted octanol–water partition coefficient (Wildman–Crippen LogP) is 5.54. The zero-order chi connectivity index (χ0) is 25.7. The zero-order valence-corrected chi connectivity index (χ0v) is 20.1. The second-order valence-electron chi connectivity index (χ2n) is 7.84. The first-order chi connectivity index (χ1) is 17.4. The van der Waals surface area contributed by atoms with E-state index in [0.717, 1.165) is 16.5 Å². The number of thiocarbonyl (C=S) groups is 1. The van der Waals surface area contributed by atoms with Gasteiger partial charge in [-0.3, -0.25) is 25.0 Å². The highest BCUT2D eigenvalue weighted by atomic mass is 32.1. The molecule has 0 fully saturated rings. The Morgan fingerprint density at radius 3 is 2.19 bits per heavy atom. The summed E-state index contributed by atoms with van der Waals surface area (Å²) in [5, 5.41) is 18.3. The molecule has 2 N–H and O–H groups in total. The van der Waals surface area contributed by atoms with E-state index in [0.29, 0.717) is 17.8 Å². The lowest BCUT2D eigenvalue weighted by atomic mass is 10.1. The minimum Gasteiger partial charge on any atom is -0.332 e. The summed E-state index contributed by atoms with van der Waals surface area (Å²) < 4.78 is 0. The summed E-state index contributed by atoms with van der Waals surface area (Å²) in [5.74, 6) is -0.627. The molecular weight excluding hydrogens is 476 g/mol. The fourth-order valence-corrected chi connectivity index (χ4v) is 4.00. The van der Waals surface area contributed by atoms with Gasteiger partial charge in [0.25, 0.3) is 17.5 Å². The summed E-state index contributed by atoms with van der Waals surface area (Å²) in [5.41, 5.74) is 2.07. The van der Waals surface area contributed by atoms with Crippen LogP contribution >= 0.6 is 12.2 Å². The lowest BCUT2D eigenvalue weighted by Crippen LogP contribution is -2.34. The quantitative estimate of drug-likeness (QED) is 0.205. The van der Waals surface area contributed by atoms with Gasteiger partial charge in [0.15, 0.2) is 5.11 Å². The second kappa shape index (κ2) is 10.7. The van der Waals surface area contributed by atoms with Gasteiger partial charge in [-0.25, -0.2) is 0 Å². The number of nitro groups is 1. The number of benzene rings is 4. The number of fused-ring (bicyclic) bond motifs is 1. The topological polar surface area (TPSA) is 105 Å². The normalized spacial score (nSPS) is 10.5. The molecule has 0 aliphatic carbocycles. The van der Waals surface area contributed by atoms with Crippen LogP contribution in [0, 0.1) is 10.1 Å². The van der Waals surface area contributed by atoms with Crippen LogP contribution in [0.1, 0.15) is 27.6 Å². The van der Waals surface area contributed by atoms with Gasteiger partial charge < -0.3 is 10.2 Å². The van der Waals surface area contributed by atoms with E-state index in [1.54, 1.807) is 29.2 Å². The molecule has 0 aliphatic rings. The van der Waals surface area contributed by atoms with Gasteiger partial charge in [0.2, 0.25) is 0 Å². The van der Waals surface area contributed by atoms with Crippen molar-refractivity contribution in [2.75, 3.05) is 16.8 Å². The Morgan fingerprint density at radius 2 is 1.53 bits per heavy atom. The van der Waals surface area contributed by atoms with Crippen molar-refractivity contribution in [3.63, 3.8) is 0 Å². The number of non-ortho nitro benzene ring substituents is 1. The number of nitro benzene ring substituents is 1. The first kappa shape index (κ1) is 24.5. The third-order valence-electron chi connectivity index (χ3n) is 5.58. The molecule has 0 saturated carbocycles. The zero-order valence-electron chi connectivity index (χ0n) is 19.3. The highest BCUT2D eigenvalue weighted by Gasteiger charge is 2.18. The number of anilines is 2. The molecule has 0 heterocycles. The molecule has 9 heteroatoms. The van der Waals surface area contributed by atoms with Crippen LogP contribution in [0.2, 0.25) is 0 Å². The molecule has 4 rings (SSSR count). The molecule has 4 aromatic carbocycles. The summed E-state index contributed by atoms with van der Waals surface area (Å²) in [6, 6.07) is 25.8. The Morgan fingerprint density at radius 1 is 0.889 bits per heavy atom. The van der Waals surface area contributed by atoms with Gasteiger partial charge in [-0.15, -0.1) is 0 Å². The summed E-state index contributed by atoms with van der Waals surface area (Å²) in [4.78, 5) is 37.6. The molecule has 0 unspecified atom stereocenters. The number of amides is 2. The van der Waals surface area contributed by atoms with Crippen molar-refractivity contribution in [2.45, 2.75) is 6.92 Å². The third kappa shape index (κ3) is 5.37. The molecule has 0 radical (unpaired) electrons. The molecule has 0 saturated heterocycles. The molecule has 180 valence electrons. The summed E-state index contributed by atoms with van der Waals surface area (Å²) in [7, 11) is 0. The van der Waals surface area contributed by atoms with E-state index in [9.17, 15) is 19.7 Å². The molecule has 4 aromatic rings. The van der Waals surface area contributed by atoms with E-state index in [2.05, 4.69) is 10.6 Å². The van der Waals surface area contributed by atoms with Gasteiger partial charge in [-0.2, -0.15) is 0 Å².